The number of ether oxygens (including phenoxy) is 3. The lowest BCUT2D eigenvalue weighted by Crippen LogP contribution is -2.33. The molecule has 3 atom stereocenters. The normalized spacial score (nSPS) is 23.1. The highest BCUT2D eigenvalue weighted by atomic mass is 19.4. The van der Waals surface area contributed by atoms with E-state index in [1.165, 1.54) is 12.1 Å². The monoisotopic (exact) mass is 528 g/mol. The lowest BCUT2D eigenvalue weighted by Gasteiger charge is -2.18. The van der Waals surface area contributed by atoms with E-state index in [4.69, 9.17) is 9.47 Å². The third-order valence-corrected chi connectivity index (χ3v) is 6.19. The first-order valence-electron chi connectivity index (χ1n) is 11.7. The van der Waals surface area contributed by atoms with E-state index in [0.29, 0.717) is 41.6 Å². The minimum Gasteiger partial charge on any atom is -0.487 e. The highest BCUT2D eigenvalue weighted by Crippen LogP contribution is 2.50. The topological polar surface area (TPSA) is 111 Å². The minimum absolute atomic E-state index is 0.0755. The molecule has 2 aromatic rings. The molecule has 0 spiro atoms. The van der Waals surface area contributed by atoms with Crippen molar-refractivity contribution in [3.8, 4) is 11.5 Å². The standard InChI is InChI=1S/C26H23F3N4O5/c1-13(36-19-11-12-30-24-17(19)8-10-20(34)32-24)3-9-18-14(2)21-22(23(21)37-18)33-25(35)31-15-4-6-16(7-5-15)38-26(27,28)29/h3-7,9,11-12,21-23H,2,8,10H2,1H3,(H,30,32,34)(H2,31,33,35)/b13-3+,18-9+/t21-,22-,23-/m0/s1. The number of nitrogens with one attached hydrogen (secondary N) is 3. The molecule has 3 N–H and O–H groups in total. The Morgan fingerprint density at radius 1 is 1.24 bits per heavy atom. The number of carbonyl (C=O) groups is 2. The zero-order valence-electron chi connectivity index (χ0n) is 20.1. The molecule has 1 saturated heterocycles. The number of hydrogen-bond donors (Lipinski definition) is 3. The quantitative estimate of drug-likeness (QED) is 0.465. The van der Waals surface area contributed by atoms with Gasteiger partial charge in [0.2, 0.25) is 5.91 Å². The summed E-state index contributed by atoms with van der Waals surface area (Å²) in [6.07, 6.45) is 0.944. The van der Waals surface area contributed by atoms with Crippen LogP contribution in [0.25, 0.3) is 0 Å². The number of nitrogens with zero attached hydrogens (tertiary/aromatic N) is 1. The molecular formula is C26H23F3N4O5. The van der Waals surface area contributed by atoms with Crippen molar-refractivity contribution in [2.45, 2.75) is 38.3 Å². The molecule has 1 aromatic heterocycles. The third kappa shape index (κ3) is 5.58. The zero-order valence-corrected chi connectivity index (χ0v) is 20.1. The number of anilines is 2. The van der Waals surface area contributed by atoms with E-state index in [9.17, 15) is 22.8 Å². The predicted molar refractivity (Wildman–Crippen MR) is 130 cm³/mol. The maximum absolute atomic E-state index is 12.3. The Morgan fingerprint density at radius 2 is 2.00 bits per heavy atom. The average molecular weight is 528 g/mol. The van der Waals surface area contributed by atoms with Gasteiger partial charge in [-0.05, 0) is 61.4 Å². The van der Waals surface area contributed by atoms with Crippen LogP contribution in [0.4, 0.5) is 29.5 Å². The van der Waals surface area contributed by atoms with E-state index in [1.807, 2.05) is 0 Å². The number of rotatable bonds is 6. The Labute approximate surface area is 215 Å². The van der Waals surface area contributed by atoms with Gasteiger partial charge >= 0.3 is 12.4 Å². The van der Waals surface area contributed by atoms with Crippen LogP contribution in [0, 0.1) is 5.92 Å². The molecule has 0 radical (unpaired) electrons. The van der Waals surface area contributed by atoms with Crippen LogP contribution in [0.2, 0.25) is 0 Å². The van der Waals surface area contributed by atoms with Crippen LogP contribution in [0.3, 0.4) is 0 Å². The molecular weight excluding hydrogens is 505 g/mol. The van der Waals surface area contributed by atoms with Crippen molar-refractivity contribution < 1.29 is 37.0 Å². The van der Waals surface area contributed by atoms with E-state index in [1.54, 1.807) is 31.3 Å². The lowest BCUT2D eigenvalue weighted by molar-refractivity contribution is -0.274. The minimum atomic E-state index is -4.78. The van der Waals surface area contributed by atoms with Crippen LogP contribution < -0.4 is 25.4 Å². The van der Waals surface area contributed by atoms with Gasteiger partial charge in [-0.25, -0.2) is 9.78 Å². The zero-order chi connectivity index (χ0) is 27.0. The van der Waals surface area contributed by atoms with Crippen molar-refractivity contribution >= 4 is 23.4 Å². The molecule has 38 heavy (non-hydrogen) atoms. The van der Waals surface area contributed by atoms with Gasteiger partial charge in [0, 0.05) is 23.9 Å². The van der Waals surface area contributed by atoms with Crippen LogP contribution in [0.15, 0.2) is 72.4 Å². The second-order valence-electron chi connectivity index (χ2n) is 8.92. The van der Waals surface area contributed by atoms with Gasteiger partial charge in [-0.15, -0.1) is 13.2 Å². The highest BCUT2D eigenvalue weighted by molar-refractivity contribution is 5.93. The van der Waals surface area contributed by atoms with Gasteiger partial charge in [-0.2, -0.15) is 0 Å². The van der Waals surface area contributed by atoms with E-state index >= 15 is 0 Å². The second-order valence-corrected chi connectivity index (χ2v) is 8.92. The van der Waals surface area contributed by atoms with Gasteiger partial charge in [-0.3, -0.25) is 4.79 Å². The summed E-state index contributed by atoms with van der Waals surface area (Å²) >= 11 is 0. The molecule has 2 fully saturated rings. The smallest absolute Gasteiger partial charge is 0.487 e. The maximum atomic E-state index is 12.3. The molecule has 3 aliphatic rings. The first kappa shape index (κ1) is 25.2. The first-order valence-corrected chi connectivity index (χ1v) is 11.7. The maximum Gasteiger partial charge on any atom is 0.573 e. The van der Waals surface area contributed by atoms with Crippen molar-refractivity contribution in [1.82, 2.24) is 10.3 Å². The van der Waals surface area contributed by atoms with Crippen LogP contribution in [-0.4, -0.2) is 35.4 Å². The van der Waals surface area contributed by atoms with E-state index < -0.39 is 12.4 Å². The summed E-state index contributed by atoms with van der Waals surface area (Å²) in [5.74, 6) is 1.77. The Balaban J connectivity index is 1.12. The number of allylic oxidation sites excluding steroid dienone is 4. The number of urea groups is 1. The fraction of sp³-hybridized carbons (Fsp3) is 0.269. The molecule has 1 aromatic carbocycles. The SMILES string of the molecule is C=C1/C(=C\C=C(/C)Oc2ccnc3c2CCC(=O)N3)O[C@@H]2[C@@H](NC(=O)Nc3ccc(OC(F)(F)F)cc3)[C@H]12. The number of amides is 3. The van der Waals surface area contributed by atoms with Crippen molar-refractivity contribution in [3.63, 3.8) is 0 Å². The molecule has 9 nitrogen and oxygen atoms in total. The molecule has 3 heterocycles. The molecule has 2 aliphatic heterocycles. The van der Waals surface area contributed by atoms with Gasteiger partial charge in [0.1, 0.15) is 34.9 Å². The van der Waals surface area contributed by atoms with Crippen LogP contribution in [0.5, 0.6) is 11.5 Å². The van der Waals surface area contributed by atoms with Crippen molar-refractivity contribution in [1.29, 1.82) is 0 Å². The number of carbonyl (C=O) groups excluding carboxylic acids is 2. The summed E-state index contributed by atoms with van der Waals surface area (Å²) in [7, 11) is 0. The Kier molecular flexibility index (Phi) is 6.47. The summed E-state index contributed by atoms with van der Waals surface area (Å²) in [6, 6.07) is 5.78. The van der Waals surface area contributed by atoms with E-state index in [0.717, 1.165) is 23.3 Å². The van der Waals surface area contributed by atoms with Gasteiger partial charge in [0.25, 0.3) is 0 Å². The number of alkyl halides is 3. The van der Waals surface area contributed by atoms with Crippen LogP contribution >= 0.6 is 0 Å². The fourth-order valence-corrected chi connectivity index (χ4v) is 4.36. The molecule has 5 rings (SSSR count). The Bertz CT molecular complexity index is 1350. The van der Waals surface area contributed by atoms with Gasteiger partial charge in [0.05, 0.1) is 12.0 Å². The number of fused-ring (bicyclic) bond motifs is 2. The van der Waals surface area contributed by atoms with Crippen molar-refractivity contribution in [2.75, 3.05) is 10.6 Å². The molecule has 3 amide bonds. The molecule has 1 saturated carbocycles. The predicted octanol–water partition coefficient (Wildman–Crippen LogP) is 4.81. The number of aromatic nitrogens is 1. The van der Waals surface area contributed by atoms with E-state index in [2.05, 4.69) is 32.3 Å². The number of halogens is 3. The molecule has 198 valence electrons. The molecule has 0 unspecified atom stereocenters. The number of hydrogen-bond acceptors (Lipinski definition) is 6. The van der Waals surface area contributed by atoms with Crippen molar-refractivity contribution in [2.24, 2.45) is 5.92 Å². The summed E-state index contributed by atoms with van der Waals surface area (Å²) < 4.78 is 52.5. The highest BCUT2D eigenvalue weighted by Gasteiger charge is 2.60. The number of pyridine rings is 1. The van der Waals surface area contributed by atoms with Gasteiger partial charge < -0.3 is 30.2 Å². The summed E-state index contributed by atoms with van der Waals surface area (Å²) in [5, 5.41) is 8.09. The summed E-state index contributed by atoms with van der Waals surface area (Å²) in [6.45, 7) is 5.87. The van der Waals surface area contributed by atoms with Crippen LogP contribution in [0.1, 0.15) is 18.9 Å². The average Bonchev–Trinajstić information content (AvgIpc) is 3.40. The molecule has 0 bridgehead atoms. The molecule has 12 heteroatoms. The molecule has 1 aliphatic carbocycles. The largest absolute Gasteiger partial charge is 0.573 e. The van der Waals surface area contributed by atoms with Gasteiger partial charge in [0.15, 0.2) is 0 Å². The summed E-state index contributed by atoms with van der Waals surface area (Å²) in [5.41, 5.74) is 1.89. The van der Waals surface area contributed by atoms with E-state index in [-0.39, 0.29) is 29.7 Å². The third-order valence-electron chi connectivity index (χ3n) is 6.19. The number of benzene rings is 1. The Hall–Kier alpha value is -4.48. The lowest BCUT2D eigenvalue weighted by atomic mass is 10.1. The van der Waals surface area contributed by atoms with Crippen LogP contribution in [-0.2, 0) is 16.0 Å². The van der Waals surface area contributed by atoms with Gasteiger partial charge in [-0.1, -0.05) is 6.58 Å². The summed E-state index contributed by atoms with van der Waals surface area (Å²) in [4.78, 5) is 28.1. The Morgan fingerprint density at radius 3 is 2.68 bits per heavy atom. The first-order chi connectivity index (χ1) is 18.1. The van der Waals surface area contributed by atoms with Crippen molar-refractivity contribution in [3.05, 3.63) is 77.9 Å². The second kappa shape index (κ2) is 9.77. The fourth-order valence-electron chi connectivity index (χ4n) is 4.36.